The van der Waals surface area contributed by atoms with E-state index in [0.29, 0.717) is 18.4 Å². The number of amides is 1. The van der Waals surface area contributed by atoms with Gasteiger partial charge in [-0.3, -0.25) is 9.69 Å². The summed E-state index contributed by atoms with van der Waals surface area (Å²) in [6.45, 7) is 2.25. The van der Waals surface area contributed by atoms with Gasteiger partial charge < -0.3 is 10.5 Å². The Morgan fingerprint density at radius 2 is 2.00 bits per heavy atom. The van der Waals surface area contributed by atoms with E-state index in [1.807, 2.05) is 6.92 Å². The molecule has 1 amide bonds. The molecule has 0 radical (unpaired) electrons. The van der Waals surface area contributed by atoms with Crippen LogP contribution in [-0.2, 0) is 28.0 Å². The zero-order valence-corrected chi connectivity index (χ0v) is 19.5. The molecule has 4 aliphatic rings. The molecule has 0 bridgehead atoms. The number of aromatic nitrogens is 2. The minimum atomic E-state index is -0.935. The zero-order chi connectivity index (χ0) is 22.1. The highest BCUT2D eigenvalue weighted by Crippen LogP contribution is 2.62. The Morgan fingerprint density at radius 3 is 2.66 bits per heavy atom. The number of carbonyl (C=O) groups is 1. The van der Waals surface area contributed by atoms with Crippen molar-refractivity contribution in [2.45, 2.75) is 76.0 Å². The van der Waals surface area contributed by atoms with Crippen molar-refractivity contribution in [1.29, 1.82) is 0 Å². The number of benzene rings is 1. The molecule has 1 unspecified atom stereocenters. The Labute approximate surface area is 192 Å². The van der Waals surface area contributed by atoms with Crippen LogP contribution in [-0.4, -0.2) is 40.2 Å². The van der Waals surface area contributed by atoms with Gasteiger partial charge in [-0.05, 0) is 74.5 Å². The van der Waals surface area contributed by atoms with Gasteiger partial charge in [-0.2, -0.15) is 0 Å². The van der Waals surface area contributed by atoms with Gasteiger partial charge in [0.2, 0.25) is 0 Å². The summed E-state index contributed by atoms with van der Waals surface area (Å²) in [4.78, 5) is 21.0. The Balaban J connectivity index is 1.45. The first-order valence-electron chi connectivity index (χ1n) is 11.6. The first kappa shape index (κ1) is 20.3. The van der Waals surface area contributed by atoms with Crippen molar-refractivity contribution in [3.63, 3.8) is 0 Å². The Bertz CT molecular complexity index is 1120. The Kier molecular flexibility index (Phi) is 4.50. The van der Waals surface area contributed by atoms with E-state index >= 15 is 0 Å². The SMILES string of the molecule is COC1CCC2(CC1)Cc1ccc(C3CC3)cc1C21N=C(N)N(Cc2nnc(C)s2)C1=O. The number of guanidine groups is 1. The summed E-state index contributed by atoms with van der Waals surface area (Å²) >= 11 is 1.50. The molecule has 32 heavy (non-hydrogen) atoms. The van der Waals surface area contributed by atoms with Crippen LogP contribution in [0, 0.1) is 12.3 Å². The number of aryl methyl sites for hydroxylation is 1. The van der Waals surface area contributed by atoms with Crippen LogP contribution in [0.15, 0.2) is 23.2 Å². The highest BCUT2D eigenvalue weighted by molar-refractivity contribution is 7.11. The highest BCUT2D eigenvalue weighted by atomic mass is 32.1. The number of methoxy groups -OCH3 is 1. The average molecular weight is 452 g/mol. The number of nitrogens with zero attached hydrogens (tertiary/aromatic N) is 4. The number of fused-ring (bicyclic) bond motifs is 3. The second kappa shape index (κ2) is 7.09. The van der Waals surface area contributed by atoms with Crippen molar-refractivity contribution in [1.82, 2.24) is 15.1 Å². The molecule has 1 aromatic heterocycles. The minimum absolute atomic E-state index is 0.00502. The van der Waals surface area contributed by atoms with Crippen molar-refractivity contribution >= 4 is 23.2 Å². The lowest BCUT2D eigenvalue weighted by molar-refractivity contribution is -0.138. The molecule has 168 valence electrons. The number of ether oxygens (including phenoxy) is 1. The predicted octanol–water partition coefficient (Wildman–Crippen LogP) is 3.41. The smallest absolute Gasteiger partial charge is 0.262 e. The standard InChI is InChI=1S/C24H29N5O2S/c1-14-27-28-20(32-14)13-29-21(30)24(26-22(29)25)19-11-16(15-3-4-15)5-6-17(19)12-23(24)9-7-18(31-2)8-10-23/h5-6,11,15,18H,3-4,7-10,12-13H2,1-2H3,(H2,25,26). The van der Waals surface area contributed by atoms with E-state index in [-0.39, 0.29) is 17.4 Å². The van der Waals surface area contributed by atoms with E-state index in [1.165, 1.54) is 35.3 Å². The van der Waals surface area contributed by atoms with Gasteiger partial charge in [0.15, 0.2) is 11.5 Å². The fourth-order valence-corrected chi connectivity index (χ4v) is 6.94. The fourth-order valence-electron chi connectivity index (χ4n) is 6.24. The number of hydrogen-bond acceptors (Lipinski definition) is 7. The molecule has 2 aromatic rings. The maximum Gasteiger partial charge on any atom is 0.262 e. The second-order valence-corrected chi connectivity index (χ2v) is 11.1. The number of nitrogens with two attached hydrogens (primary N) is 1. The molecule has 2 saturated carbocycles. The third-order valence-electron chi connectivity index (χ3n) is 8.07. The molecule has 1 aliphatic heterocycles. The van der Waals surface area contributed by atoms with Crippen molar-refractivity contribution in [3.05, 3.63) is 44.9 Å². The molecule has 2 N–H and O–H groups in total. The first-order chi connectivity index (χ1) is 15.5. The molecule has 0 saturated heterocycles. The van der Waals surface area contributed by atoms with Crippen molar-refractivity contribution < 1.29 is 9.53 Å². The molecule has 7 nitrogen and oxygen atoms in total. The molecular weight excluding hydrogens is 422 g/mol. The largest absolute Gasteiger partial charge is 0.381 e. The summed E-state index contributed by atoms with van der Waals surface area (Å²) in [5.74, 6) is 0.933. The van der Waals surface area contributed by atoms with Gasteiger partial charge in [0.05, 0.1) is 12.6 Å². The van der Waals surface area contributed by atoms with Gasteiger partial charge in [-0.25, -0.2) is 4.99 Å². The van der Waals surface area contributed by atoms with E-state index in [1.54, 1.807) is 12.0 Å². The van der Waals surface area contributed by atoms with Crippen LogP contribution in [0.2, 0.25) is 0 Å². The second-order valence-electron chi connectivity index (χ2n) is 9.87. The minimum Gasteiger partial charge on any atom is -0.381 e. The number of hydrogen-bond donors (Lipinski definition) is 1. The van der Waals surface area contributed by atoms with Crippen molar-refractivity contribution in [3.8, 4) is 0 Å². The number of rotatable bonds is 4. The van der Waals surface area contributed by atoms with Gasteiger partial charge in [0.1, 0.15) is 10.0 Å². The predicted molar refractivity (Wildman–Crippen MR) is 122 cm³/mol. The summed E-state index contributed by atoms with van der Waals surface area (Å²) in [7, 11) is 1.78. The van der Waals surface area contributed by atoms with Gasteiger partial charge in [-0.1, -0.05) is 29.5 Å². The molecule has 2 heterocycles. The molecular formula is C24H29N5O2S. The van der Waals surface area contributed by atoms with Crippen LogP contribution >= 0.6 is 11.3 Å². The Hall–Kier alpha value is -2.32. The van der Waals surface area contributed by atoms with E-state index in [9.17, 15) is 4.79 Å². The summed E-state index contributed by atoms with van der Waals surface area (Å²) in [5.41, 5.74) is 8.97. The Morgan fingerprint density at radius 1 is 1.22 bits per heavy atom. The van der Waals surface area contributed by atoms with Crippen molar-refractivity contribution in [2.24, 2.45) is 16.1 Å². The van der Waals surface area contributed by atoms with Gasteiger partial charge >= 0.3 is 0 Å². The molecule has 2 fully saturated rings. The third-order valence-corrected chi connectivity index (χ3v) is 8.89. The van der Waals surface area contributed by atoms with Crippen LogP contribution in [0.3, 0.4) is 0 Å². The summed E-state index contributed by atoms with van der Waals surface area (Å²) in [6.07, 6.45) is 7.29. The first-order valence-corrected chi connectivity index (χ1v) is 12.4. The van der Waals surface area contributed by atoms with Crippen LogP contribution in [0.25, 0.3) is 0 Å². The normalized spacial score (nSPS) is 31.6. The quantitative estimate of drug-likeness (QED) is 0.769. The molecule has 1 atom stereocenters. The van der Waals surface area contributed by atoms with E-state index in [0.717, 1.165) is 47.7 Å². The van der Waals surface area contributed by atoms with E-state index in [4.69, 9.17) is 15.5 Å². The van der Waals surface area contributed by atoms with Gasteiger partial charge in [-0.15, -0.1) is 10.2 Å². The summed E-state index contributed by atoms with van der Waals surface area (Å²) < 4.78 is 5.66. The molecule has 3 aliphatic carbocycles. The maximum absolute atomic E-state index is 14.3. The maximum atomic E-state index is 14.3. The van der Waals surface area contributed by atoms with E-state index in [2.05, 4.69) is 28.4 Å². The lowest BCUT2D eigenvalue weighted by Gasteiger charge is -2.45. The highest BCUT2D eigenvalue weighted by Gasteiger charge is 2.66. The average Bonchev–Trinajstić information content (AvgIpc) is 3.45. The van der Waals surface area contributed by atoms with E-state index < -0.39 is 5.54 Å². The molecule has 2 spiro atoms. The molecule has 8 heteroatoms. The van der Waals surface area contributed by atoms with Crippen LogP contribution in [0.5, 0.6) is 0 Å². The summed E-state index contributed by atoms with van der Waals surface area (Å²) in [6, 6.07) is 6.79. The zero-order valence-electron chi connectivity index (χ0n) is 18.6. The number of aliphatic imine (C=N–C) groups is 1. The fraction of sp³-hybridized carbons (Fsp3) is 0.583. The van der Waals surface area contributed by atoms with Crippen LogP contribution in [0.1, 0.15) is 71.1 Å². The third kappa shape index (κ3) is 2.81. The molecule has 1 aromatic carbocycles. The van der Waals surface area contributed by atoms with Crippen LogP contribution in [0.4, 0.5) is 0 Å². The lowest BCUT2D eigenvalue weighted by Crippen LogP contribution is -2.52. The summed E-state index contributed by atoms with van der Waals surface area (Å²) in [5, 5.41) is 10.0. The van der Waals surface area contributed by atoms with Gasteiger partial charge in [0.25, 0.3) is 5.91 Å². The van der Waals surface area contributed by atoms with Crippen molar-refractivity contribution in [2.75, 3.05) is 7.11 Å². The topological polar surface area (TPSA) is 93.7 Å². The van der Waals surface area contributed by atoms with Crippen LogP contribution < -0.4 is 5.73 Å². The monoisotopic (exact) mass is 451 g/mol. The molecule has 6 rings (SSSR count). The number of carbonyl (C=O) groups excluding carboxylic acids is 1. The lowest BCUT2D eigenvalue weighted by atomic mass is 9.61. The van der Waals surface area contributed by atoms with Gasteiger partial charge in [0, 0.05) is 12.5 Å².